The first-order valence-corrected chi connectivity index (χ1v) is 6.40. The molecule has 102 valence electrons. The molecule has 0 fully saturated rings. The zero-order valence-corrected chi connectivity index (χ0v) is 11.9. The summed E-state index contributed by atoms with van der Waals surface area (Å²) in [5, 5.41) is 10.3. The molecule has 1 rings (SSSR count). The normalized spacial score (nSPS) is 12.8. The molecule has 18 heavy (non-hydrogen) atoms. The number of aromatic nitrogens is 2. The van der Waals surface area contributed by atoms with E-state index in [9.17, 15) is 4.79 Å². The number of carbonyl (C=O) groups excluding carboxylic acids is 1. The van der Waals surface area contributed by atoms with E-state index >= 15 is 0 Å². The fraction of sp³-hybridized carbons (Fsp3) is 0.692. The Hall–Kier alpha value is -1.36. The second-order valence-corrected chi connectivity index (χ2v) is 5.12. The molecule has 0 aliphatic rings. The van der Waals surface area contributed by atoms with Crippen LogP contribution in [0.15, 0.2) is 6.20 Å². The summed E-state index contributed by atoms with van der Waals surface area (Å²) in [7, 11) is 1.91. The molecule has 0 aliphatic carbocycles. The van der Waals surface area contributed by atoms with Gasteiger partial charge in [-0.05, 0) is 19.8 Å². The van der Waals surface area contributed by atoms with Gasteiger partial charge in [0, 0.05) is 31.4 Å². The Balaban J connectivity index is 2.39. The molecule has 0 aromatic carbocycles. The van der Waals surface area contributed by atoms with E-state index in [1.165, 1.54) is 0 Å². The Kier molecular flexibility index (Phi) is 5.34. The van der Waals surface area contributed by atoms with Crippen LogP contribution in [0.1, 0.15) is 32.0 Å². The lowest BCUT2D eigenvalue weighted by Gasteiger charge is -2.15. The molecule has 1 heterocycles. The quantitative estimate of drug-likeness (QED) is 0.793. The lowest BCUT2D eigenvalue weighted by atomic mass is 10.2. The van der Waals surface area contributed by atoms with Gasteiger partial charge >= 0.3 is 0 Å². The maximum Gasteiger partial charge on any atom is 0.236 e. The number of nitrogens with zero attached hydrogens (tertiary/aromatic N) is 2. The third-order valence-corrected chi connectivity index (χ3v) is 3.01. The van der Waals surface area contributed by atoms with Gasteiger partial charge in [0.25, 0.3) is 0 Å². The summed E-state index contributed by atoms with van der Waals surface area (Å²) in [6.45, 7) is 9.44. The van der Waals surface area contributed by atoms with Gasteiger partial charge < -0.3 is 10.6 Å². The third kappa shape index (κ3) is 4.14. The molecular formula is C13H24N4O. The highest BCUT2D eigenvalue weighted by molar-refractivity contribution is 5.81. The van der Waals surface area contributed by atoms with Crippen LogP contribution in [0.5, 0.6) is 0 Å². The van der Waals surface area contributed by atoms with Crippen LogP contribution in [-0.2, 0) is 18.4 Å². The lowest BCUT2D eigenvalue weighted by molar-refractivity contribution is -0.122. The van der Waals surface area contributed by atoms with Crippen molar-refractivity contribution in [2.75, 3.05) is 6.54 Å². The van der Waals surface area contributed by atoms with E-state index in [-0.39, 0.29) is 11.9 Å². The first-order valence-electron chi connectivity index (χ1n) is 6.40. The summed E-state index contributed by atoms with van der Waals surface area (Å²) in [4.78, 5) is 11.8. The zero-order chi connectivity index (χ0) is 13.7. The molecule has 1 atom stereocenters. The number of aryl methyl sites for hydroxylation is 1. The lowest BCUT2D eigenvalue weighted by Crippen LogP contribution is -2.43. The fourth-order valence-electron chi connectivity index (χ4n) is 1.53. The Bertz CT molecular complexity index is 398. The van der Waals surface area contributed by atoms with E-state index in [4.69, 9.17) is 0 Å². The molecule has 1 aromatic heterocycles. The second kappa shape index (κ2) is 6.54. The van der Waals surface area contributed by atoms with Crippen LogP contribution in [0.3, 0.4) is 0 Å². The van der Waals surface area contributed by atoms with Crippen molar-refractivity contribution in [2.45, 2.75) is 40.3 Å². The summed E-state index contributed by atoms with van der Waals surface area (Å²) in [6, 6.07) is -0.191. The molecule has 5 heteroatoms. The van der Waals surface area contributed by atoms with Crippen LogP contribution >= 0.6 is 0 Å². The van der Waals surface area contributed by atoms with Crippen LogP contribution in [0.4, 0.5) is 0 Å². The standard InChI is InChI=1S/C13H24N4O/c1-9(2)6-15-13(18)10(3)14-7-12-8-16-17(5)11(12)4/h8-10,14H,6-7H2,1-5H3,(H,15,18). The van der Waals surface area contributed by atoms with Gasteiger partial charge in [0.15, 0.2) is 0 Å². The Labute approximate surface area is 109 Å². The fourth-order valence-corrected chi connectivity index (χ4v) is 1.53. The van der Waals surface area contributed by atoms with Gasteiger partial charge in [0.2, 0.25) is 5.91 Å². The highest BCUT2D eigenvalue weighted by Crippen LogP contribution is 2.05. The molecule has 0 spiro atoms. The minimum absolute atomic E-state index is 0.0465. The average Bonchev–Trinajstić information content (AvgIpc) is 2.64. The SMILES string of the molecule is Cc1c(CNC(C)C(=O)NCC(C)C)cnn1C. The minimum atomic E-state index is -0.191. The molecule has 1 amide bonds. The van der Waals surface area contributed by atoms with Gasteiger partial charge in [0.1, 0.15) is 0 Å². The maximum absolute atomic E-state index is 11.8. The van der Waals surface area contributed by atoms with Crippen LogP contribution in [0.2, 0.25) is 0 Å². The largest absolute Gasteiger partial charge is 0.354 e. The predicted molar refractivity (Wildman–Crippen MR) is 72.1 cm³/mol. The molecule has 0 bridgehead atoms. The van der Waals surface area contributed by atoms with Crippen molar-refractivity contribution in [1.82, 2.24) is 20.4 Å². The Morgan fingerprint density at radius 2 is 2.11 bits per heavy atom. The van der Waals surface area contributed by atoms with E-state index in [0.717, 1.165) is 17.8 Å². The van der Waals surface area contributed by atoms with E-state index in [0.29, 0.717) is 12.5 Å². The predicted octanol–water partition coefficient (Wildman–Crippen LogP) is 0.979. The van der Waals surface area contributed by atoms with Gasteiger partial charge in [-0.2, -0.15) is 5.10 Å². The smallest absolute Gasteiger partial charge is 0.236 e. The van der Waals surface area contributed by atoms with Gasteiger partial charge in [-0.3, -0.25) is 9.48 Å². The van der Waals surface area contributed by atoms with E-state index in [2.05, 4.69) is 29.6 Å². The Morgan fingerprint density at radius 1 is 1.44 bits per heavy atom. The van der Waals surface area contributed by atoms with Crippen molar-refractivity contribution in [3.8, 4) is 0 Å². The van der Waals surface area contributed by atoms with Gasteiger partial charge in [0.05, 0.1) is 12.2 Å². The molecule has 1 unspecified atom stereocenters. The number of hydrogen-bond acceptors (Lipinski definition) is 3. The molecule has 0 saturated carbocycles. The second-order valence-electron chi connectivity index (χ2n) is 5.12. The third-order valence-electron chi connectivity index (χ3n) is 3.01. The number of amides is 1. The molecule has 0 radical (unpaired) electrons. The number of carbonyl (C=O) groups is 1. The summed E-state index contributed by atoms with van der Waals surface area (Å²) in [5.74, 6) is 0.520. The van der Waals surface area contributed by atoms with Crippen molar-refractivity contribution in [1.29, 1.82) is 0 Å². The van der Waals surface area contributed by atoms with Crippen LogP contribution in [0, 0.1) is 12.8 Å². The Morgan fingerprint density at radius 3 is 2.61 bits per heavy atom. The molecule has 0 aliphatic heterocycles. The summed E-state index contributed by atoms with van der Waals surface area (Å²) >= 11 is 0. The van der Waals surface area contributed by atoms with Crippen molar-refractivity contribution < 1.29 is 4.79 Å². The topological polar surface area (TPSA) is 59.0 Å². The van der Waals surface area contributed by atoms with Crippen molar-refractivity contribution >= 4 is 5.91 Å². The van der Waals surface area contributed by atoms with Gasteiger partial charge in [-0.15, -0.1) is 0 Å². The van der Waals surface area contributed by atoms with E-state index in [1.807, 2.05) is 31.8 Å². The van der Waals surface area contributed by atoms with Gasteiger partial charge in [-0.25, -0.2) is 0 Å². The molecule has 5 nitrogen and oxygen atoms in total. The van der Waals surface area contributed by atoms with Crippen LogP contribution in [-0.4, -0.2) is 28.3 Å². The minimum Gasteiger partial charge on any atom is -0.354 e. The molecule has 0 saturated heterocycles. The van der Waals surface area contributed by atoms with E-state index < -0.39 is 0 Å². The van der Waals surface area contributed by atoms with Gasteiger partial charge in [-0.1, -0.05) is 13.8 Å². The highest BCUT2D eigenvalue weighted by atomic mass is 16.2. The molecule has 2 N–H and O–H groups in total. The molecular weight excluding hydrogens is 228 g/mol. The highest BCUT2D eigenvalue weighted by Gasteiger charge is 2.13. The monoisotopic (exact) mass is 252 g/mol. The number of nitrogens with one attached hydrogen (secondary N) is 2. The van der Waals surface area contributed by atoms with Crippen molar-refractivity contribution in [2.24, 2.45) is 13.0 Å². The zero-order valence-electron chi connectivity index (χ0n) is 11.9. The number of hydrogen-bond donors (Lipinski definition) is 2. The number of rotatable bonds is 6. The molecule has 1 aromatic rings. The van der Waals surface area contributed by atoms with Crippen LogP contribution in [0.25, 0.3) is 0 Å². The summed E-state index contributed by atoms with van der Waals surface area (Å²) < 4.78 is 1.83. The first kappa shape index (κ1) is 14.7. The van der Waals surface area contributed by atoms with Crippen molar-refractivity contribution in [3.05, 3.63) is 17.5 Å². The van der Waals surface area contributed by atoms with Crippen LogP contribution < -0.4 is 10.6 Å². The first-order chi connectivity index (χ1) is 8.41. The average molecular weight is 252 g/mol. The maximum atomic E-state index is 11.8. The van der Waals surface area contributed by atoms with E-state index in [1.54, 1.807) is 0 Å². The van der Waals surface area contributed by atoms with Crippen molar-refractivity contribution in [3.63, 3.8) is 0 Å². The summed E-state index contributed by atoms with van der Waals surface area (Å²) in [6.07, 6.45) is 1.83. The summed E-state index contributed by atoms with van der Waals surface area (Å²) in [5.41, 5.74) is 2.25.